The molecule has 1 aliphatic carbocycles. The summed E-state index contributed by atoms with van der Waals surface area (Å²) >= 11 is 1.88. The molecule has 0 bridgehead atoms. The number of benzene rings is 1. The van der Waals surface area contributed by atoms with Gasteiger partial charge >= 0.3 is 0 Å². The fourth-order valence-corrected chi connectivity index (χ4v) is 3.90. The van der Waals surface area contributed by atoms with Crippen molar-refractivity contribution in [1.82, 2.24) is 0 Å². The van der Waals surface area contributed by atoms with Gasteiger partial charge in [0.2, 0.25) is 0 Å². The monoisotopic (exact) mass is 229 g/mol. The van der Waals surface area contributed by atoms with Gasteiger partial charge < -0.3 is 5.73 Å². The highest BCUT2D eigenvalue weighted by Gasteiger charge is 2.34. The van der Waals surface area contributed by atoms with Gasteiger partial charge in [0.25, 0.3) is 0 Å². The lowest BCUT2D eigenvalue weighted by atomic mass is 9.85. The molecule has 2 N–H and O–H groups in total. The standard InChI is InChI=1S/C14H15NS/c1-2-9-5-3-7-11-13(9)14-10(15)6-4-8-12(14)16-11/h3-8,10,14H,2,15H2,1H3. The Morgan fingerprint density at radius 1 is 1.38 bits per heavy atom. The van der Waals surface area contributed by atoms with Crippen molar-refractivity contribution in [2.45, 2.75) is 30.2 Å². The largest absolute Gasteiger partial charge is 0.324 e. The Morgan fingerprint density at radius 2 is 2.25 bits per heavy atom. The Balaban J connectivity index is 2.17. The molecular formula is C14H15NS. The summed E-state index contributed by atoms with van der Waals surface area (Å²) in [5, 5.41) is 0. The van der Waals surface area contributed by atoms with Crippen LogP contribution >= 0.6 is 11.8 Å². The van der Waals surface area contributed by atoms with Crippen molar-refractivity contribution >= 4 is 11.8 Å². The first-order valence-corrected chi connectivity index (χ1v) is 6.56. The average Bonchev–Trinajstić information content (AvgIpc) is 2.68. The number of nitrogens with two attached hydrogens (primary N) is 1. The molecule has 2 heteroatoms. The van der Waals surface area contributed by atoms with Gasteiger partial charge in [-0.1, -0.05) is 49.0 Å². The Morgan fingerprint density at radius 3 is 3.06 bits per heavy atom. The van der Waals surface area contributed by atoms with Crippen LogP contribution in [0.3, 0.4) is 0 Å². The first-order valence-electron chi connectivity index (χ1n) is 5.75. The zero-order valence-corrected chi connectivity index (χ0v) is 10.1. The van der Waals surface area contributed by atoms with Crippen molar-refractivity contribution in [3.05, 3.63) is 52.5 Å². The summed E-state index contributed by atoms with van der Waals surface area (Å²) in [5.74, 6) is 0.404. The molecule has 1 aliphatic heterocycles. The second kappa shape index (κ2) is 3.79. The van der Waals surface area contributed by atoms with Crippen molar-refractivity contribution in [3.8, 4) is 0 Å². The van der Waals surface area contributed by atoms with E-state index in [1.165, 1.54) is 20.9 Å². The molecule has 2 aliphatic rings. The average molecular weight is 229 g/mol. The van der Waals surface area contributed by atoms with Crippen molar-refractivity contribution in [1.29, 1.82) is 0 Å². The molecule has 82 valence electrons. The Hall–Kier alpha value is -0.990. The van der Waals surface area contributed by atoms with Crippen molar-refractivity contribution in [3.63, 3.8) is 0 Å². The van der Waals surface area contributed by atoms with Crippen LogP contribution < -0.4 is 5.73 Å². The van der Waals surface area contributed by atoms with E-state index in [4.69, 9.17) is 5.73 Å². The molecule has 1 nitrogen and oxygen atoms in total. The second-order valence-corrected chi connectivity index (χ2v) is 5.41. The molecule has 0 aromatic heterocycles. The van der Waals surface area contributed by atoms with E-state index in [0.717, 1.165) is 6.42 Å². The van der Waals surface area contributed by atoms with Crippen LogP contribution in [0.2, 0.25) is 0 Å². The van der Waals surface area contributed by atoms with Crippen LogP contribution in [0.4, 0.5) is 0 Å². The predicted molar refractivity (Wildman–Crippen MR) is 69.6 cm³/mol. The molecule has 0 saturated heterocycles. The smallest absolute Gasteiger partial charge is 0.0354 e. The molecule has 1 heterocycles. The van der Waals surface area contributed by atoms with Gasteiger partial charge in [-0.2, -0.15) is 0 Å². The van der Waals surface area contributed by atoms with E-state index in [0.29, 0.717) is 5.92 Å². The summed E-state index contributed by atoms with van der Waals surface area (Å²) in [6.07, 6.45) is 7.49. The maximum absolute atomic E-state index is 6.22. The molecule has 1 aromatic carbocycles. The molecule has 3 rings (SSSR count). The zero-order valence-electron chi connectivity index (χ0n) is 9.31. The summed E-state index contributed by atoms with van der Waals surface area (Å²) in [7, 11) is 0. The van der Waals surface area contributed by atoms with Crippen LogP contribution in [0.1, 0.15) is 24.0 Å². The first kappa shape index (κ1) is 10.2. The zero-order chi connectivity index (χ0) is 11.1. The van der Waals surface area contributed by atoms with Crippen LogP contribution in [-0.4, -0.2) is 6.04 Å². The van der Waals surface area contributed by atoms with Gasteiger partial charge in [0.05, 0.1) is 0 Å². The van der Waals surface area contributed by atoms with E-state index in [9.17, 15) is 0 Å². The van der Waals surface area contributed by atoms with E-state index in [-0.39, 0.29) is 6.04 Å². The minimum absolute atomic E-state index is 0.140. The molecule has 0 fully saturated rings. The van der Waals surface area contributed by atoms with E-state index < -0.39 is 0 Å². The maximum Gasteiger partial charge on any atom is 0.0354 e. The summed E-state index contributed by atoms with van der Waals surface area (Å²) in [4.78, 5) is 2.81. The number of fused-ring (bicyclic) bond motifs is 3. The van der Waals surface area contributed by atoms with E-state index >= 15 is 0 Å². The molecule has 0 saturated carbocycles. The van der Waals surface area contributed by atoms with Crippen molar-refractivity contribution < 1.29 is 0 Å². The summed E-state index contributed by atoms with van der Waals surface area (Å²) < 4.78 is 0. The van der Waals surface area contributed by atoms with Gasteiger partial charge in [-0.05, 0) is 28.5 Å². The van der Waals surface area contributed by atoms with E-state index in [2.05, 4.69) is 43.4 Å². The van der Waals surface area contributed by atoms with Crippen LogP contribution in [-0.2, 0) is 6.42 Å². The van der Waals surface area contributed by atoms with Gasteiger partial charge in [-0.3, -0.25) is 0 Å². The number of allylic oxidation sites excluding steroid dienone is 2. The minimum atomic E-state index is 0.140. The fourth-order valence-electron chi connectivity index (χ4n) is 2.58. The summed E-state index contributed by atoms with van der Waals surface area (Å²) in [5.41, 5.74) is 9.14. The number of hydrogen-bond acceptors (Lipinski definition) is 2. The highest BCUT2D eigenvalue weighted by Crippen LogP contribution is 2.52. The Kier molecular flexibility index (Phi) is 2.41. The number of thioether (sulfide) groups is 1. The second-order valence-electron chi connectivity index (χ2n) is 4.29. The van der Waals surface area contributed by atoms with Crippen LogP contribution in [0.5, 0.6) is 0 Å². The lowest BCUT2D eigenvalue weighted by Gasteiger charge is -2.22. The highest BCUT2D eigenvalue weighted by atomic mass is 32.2. The van der Waals surface area contributed by atoms with Crippen LogP contribution in [0.15, 0.2) is 46.2 Å². The normalized spacial score (nSPS) is 26.2. The Labute approximate surface area is 100 Å². The minimum Gasteiger partial charge on any atom is -0.324 e. The summed E-state index contributed by atoms with van der Waals surface area (Å²) in [6.45, 7) is 2.21. The number of aryl methyl sites for hydroxylation is 1. The quantitative estimate of drug-likeness (QED) is 0.800. The lowest BCUT2D eigenvalue weighted by molar-refractivity contribution is 0.696. The molecule has 2 atom stereocenters. The van der Waals surface area contributed by atoms with Crippen LogP contribution in [0.25, 0.3) is 0 Å². The number of rotatable bonds is 1. The third kappa shape index (κ3) is 1.37. The molecule has 0 spiro atoms. The van der Waals surface area contributed by atoms with E-state index in [1.807, 2.05) is 11.8 Å². The molecule has 16 heavy (non-hydrogen) atoms. The van der Waals surface area contributed by atoms with Gasteiger partial charge in [0, 0.05) is 16.9 Å². The maximum atomic E-state index is 6.22. The Bertz CT molecular complexity index is 488. The van der Waals surface area contributed by atoms with Crippen LogP contribution in [0, 0.1) is 0 Å². The first-order chi connectivity index (χ1) is 7.81. The molecule has 0 amide bonds. The SMILES string of the molecule is CCc1cccc2c1C1C(=CC=CC1N)S2. The lowest BCUT2D eigenvalue weighted by Crippen LogP contribution is -2.27. The summed E-state index contributed by atoms with van der Waals surface area (Å²) in [6, 6.07) is 6.74. The molecular weight excluding hydrogens is 214 g/mol. The predicted octanol–water partition coefficient (Wildman–Crippen LogP) is 3.22. The highest BCUT2D eigenvalue weighted by molar-refractivity contribution is 8.03. The van der Waals surface area contributed by atoms with E-state index in [1.54, 1.807) is 0 Å². The molecule has 2 unspecified atom stereocenters. The molecule has 1 aromatic rings. The topological polar surface area (TPSA) is 26.0 Å². The molecule has 0 radical (unpaired) electrons. The number of hydrogen-bond donors (Lipinski definition) is 1. The fraction of sp³-hybridized carbons (Fsp3) is 0.286. The van der Waals surface area contributed by atoms with Gasteiger partial charge in [0.15, 0.2) is 0 Å². The van der Waals surface area contributed by atoms with Crippen molar-refractivity contribution in [2.75, 3.05) is 0 Å². The van der Waals surface area contributed by atoms with Gasteiger partial charge in [-0.15, -0.1) is 0 Å². The van der Waals surface area contributed by atoms with Gasteiger partial charge in [0.1, 0.15) is 0 Å². The third-order valence-electron chi connectivity index (χ3n) is 3.36. The van der Waals surface area contributed by atoms with Gasteiger partial charge in [-0.25, -0.2) is 0 Å². The third-order valence-corrected chi connectivity index (χ3v) is 4.56. The van der Waals surface area contributed by atoms with Crippen molar-refractivity contribution in [2.24, 2.45) is 5.73 Å².